The van der Waals surface area contributed by atoms with Crippen molar-refractivity contribution in [2.24, 2.45) is 5.92 Å². The molecule has 1 aliphatic rings. The van der Waals surface area contributed by atoms with Gasteiger partial charge in [-0.2, -0.15) is 0 Å². The van der Waals surface area contributed by atoms with Crippen LogP contribution in [0.15, 0.2) is 22.7 Å². The second kappa shape index (κ2) is 7.11. The van der Waals surface area contributed by atoms with Gasteiger partial charge in [-0.25, -0.2) is 0 Å². The lowest BCUT2D eigenvalue weighted by Crippen LogP contribution is -2.33. The predicted molar refractivity (Wildman–Crippen MR) is 83.8 cm³/mol. The summed E-state index contributed by atoms with van der Waals surface area (Å²) < 4.78 is 6.13. The molecule has 0 spiro atoms. The average molecular weight is 340 g/mol. The van der Waals surface area contributed by atoms with Crippen LogP contribution in [0.4, 0.5) is 0 Å². The highest BCUT2D eigenvalue weighted by atomic mass is 79.9. The minimum absolute atomic E-state index is 0.0200. The number of rotatable bonds is 4. The van der Waals surface area contributed by atoms with Crippen molar-refractivity contribution in [3.63, 3.8) is 0 Å². The minimum Gasteiger partial charge on any atom is -0.496 e. The monoisotopic (exact) mass is 339 g/mol. The van der Waals surface area contributed by atoms with Crippen LogP contribution in [0, 0.1) is 5.92 Å². The second-order valence-electron chi connectivity index (χ2n) is 5.46. The molecule has 1 N–H and O–H groups in total. The van der Waals surface area contributed by atoms with E-state index in [1.807, 2.05) is 25.1 Å². The molecule has 0 aromatic heterocycles. The predicted octanol–water partition coefficient (Wildman–Crippen LogP) is 4.22. The van der Waals surface area contributed by atoms with Gasteiger partial charge in [0.05, 0.1) is 17.6 Å². The number of hydrogen-bond donors (Lipinski definition) is 1. The summed E-state index contributed by atoms with van der Waals surface area (Å²) in [4.78, 5) is 12.2. The molecule has 1 fully saturated rings. The first kappa shape index (κ1) is 15.4. The first-order valence-electron chi connectivity index (χ1n) is 7.25. The lowest BCUT2D eigenvalue weighted by molar-refractivity contribution is -0.126. The van der Waals surface area contributed by atoms with Gasteiger partial charge in [-0.05, 0) is 53.4 Å². The molecule has 1 aliphatic carbocycles. The van der Waals surface area contributed by atoms with Crippen molar-refractivity contribution in [3.8, 4) is 5.75 Å². The first-order valence-corrected chi connectivity index (χ1v) is 8.05. The standard InChI is InChI=1S/C16H22BrNO2/c1-11(13-8-9-15(20-2)14(17)10-13)18-16(19)12-6-4-3-5-7-12/h8-12H,3-7H2,1-2H3,(H,18,19)/t11-/m1/s1. The Labute approximate surface area is 129 Å². The fourth-order valence-corrected chi connectivity index (χ4v) is 3.29. The van der Waals surface area contributed by atoms with Crippen LogP contribution in [-0.4, -0.2) is 13.0 Å². The minimum atomic E-state index is 0.0200. The van der Waals surface area contributed by atoms with Crippen LogP contribution in [0.25, 0.3) is 0 Å². The molecule has 1 aromatic rings. The molecule has 0 bridgehead atoms. The fourth-order valence-electron chi connectivity index (χ4n) is 2.73. The van der Waals surface area contributed by atoms with Gasteiger partial charge in [-0.3, -0.25) is 4.79 Å². The van der Waals surface area contributed by atoms with E-state index in [4.69, 9.17) is 4.74 Å². The smallest absolute Gasteiger partial charge is 0.223 e. The van der Waals surface area contributed by atoms with Crippen molar-refractivity contribution in [2.45, 2.75) is 45.1 Å². The number of carbonyl (C=O) groups excluding carboxylic acids is 1. The van der Waals surface area contributed by atoms with Crippen LogP contribution in [-0.2, 0) is 4.79 Å². The van der Waals surface area contributed by atoms with E-state index in [1.54, 1.807) is 7.11 Å². The average Bonchev–Trinajstić information content (AvgIpc) is 2.48. The number of carbonyl (C=O) groups is 1. The topological polar surface area (TPSA) is 38.3 Å². The summed E-state index contributed by atoms with van der Waals surface area (Å²) in [7, 11) is 1.65. The quantitative estimate of drug-likeness (QED) is 0.891. The van der Waals surface area contributed by atoms with Crippen molar-refractivity contribution < 1.29 is 9.53 Å². The van der Waals surface area contributed by atoms with Crippen molar-refractivity contribution in [1.82, 2.24) is 5.32 Å². The van der Waals surface area contributed by atoms with Gasteiger partial charge in [-0.1, -0.05) is 25.3 Å². The molecular weight excluding hydrogens is 318 g/mol. The molecular formula is C16H22BrNO2. The summed E-state index contributed by atoms with van der Waals surface area (Å²) in [5, 5.41) is 3.13. The zero-order chi connectivity index (χ0) is 14.5. The van der Waals surface area contributed by atoms with E-state index in [1.165, 1.54) is 19.3 Å². The first-order chi connectivity index (χ1) is 9.61. The Bertz CT molecular complexity index is 470. The third-order valence-electron chi connectivity index (χ3n) is 4.01. The molecule has 2 rings (SSSR count). The van der Waals surface area contributed by atoms with Crippen molar-refractivity contribution >= 4 is 21.8 Å². The molecule has 20 heavy (non-hydrogen) atoms. The maximum atomic E-state index is 12.2. The lowest BCUT2D eigenvalue weighted by Gasteiger charge is -2.23. The summed E-state index contributed by atoms with van der Waals surface area (Å²) in [6.45, 7) is 2.02. The van der Waals surface area contributed by atoms with Gasteiger partial charge in [0, 0.05) is 5.92 Å². The van der Waals surface area contributed by atoms with Gasteiger partial charge in [-0.15, -0.1) is 0 Å². The van der Waals surface area contributed by atoms with Gasteiger partial charge in [0.25, 0.3) is 0 Å². The molecule has 1 aromatic carbocycles. The number of methoxy groups -OCH3 is 1. The van der Waals surface area contributed by atoms with Gasteiger partial charge in [0.2, 0.25) is 5.91 Å². The molecule has 110 valence electrons. The number of amides is 1. The summed E-state index contributed by atoms with van der Waals surface area (Å²) >= 11 is 3.48. The van der Waals surface area contributed by atoms with Crippen LogP contribution >= 0.6 is 15.9 Å². The lowest BCUT2D eigenvalue weighted by atomic mass is 9.88. The maximum absolute atomic E-state index is 12.2. The molecule has 0 saturated heterocycles. The molecule has 3 nitrogen and oxygen atoms in total. The Kier molecular flexibility index (Phi) is 5.46. The molecule has 1 atom stereocenters. The van der Waals surface area contributed by atoms with E-state index >= 15 is 0 Å². The normalized spacial score (nSPS) is 17.6. The molecule has 0 heterocycles. The molecule has 0 radical (unpaired) electrons. The van der Waals surface area contributed by atoms with Crippen LogP contribution in [0.5, 0.6) is 5.75 Å². The van der Waals surface area contributed by atoms with Crippen LogP contribution in [0.3, 0.4) is 0 Å². The highest BCUT2D eigenvalue weighted by molar-refractivity contribution is 9.10. The summed E-state index contributed by atoms with van der Waals surface area (Å²) in [5.41, 5.74) is 1.09. The SMILES string of the molecule is COc1ccc([C@@H](C)NC(=O)C2CCCCC2)cc1Br. The number of nitrogens with one attached hydrogen (secondary N) is 1. The zero-order valence-corrected chi connectivity index (χ0v) is 13.7. The third kappa shape index (κ3) is 3.75. The maximum Gasteiger partial charge on any atom is 0.223 e. The largest absolute Gasteiger partial charge is 0.496 e. The van der Waals surface area contributed by atoms with Gasteiger partial charge in [0.15, 0.2) is 0 Å². The Balaban J connectivity index is 1.98. The Morgan fingerprint density at radius 1 is 1.35 bits per heavy atom. The number of hydrogen-bond acceptors (Lipinski definition) is 2. The number of ether oxygens (including phenoxy) is 1. The van der Waals surface area contributed by atoms with E-state index in [0.29, 0.717) is 0 Å². The number of halogens is 1. The van der Waals surface area contributed by atoms with Crippen LogP contribution in [0.1, 0.15) is 50.6 Å². The highest BCUT2D eigenvalue weighted by Crippen LogP contribution is 2.29. The number of benzene rings is 1. The van der Waals surface area contributed by atoms with E-state index in [-0.39, 0.29) is 17.9 Å². The Morgan fingerprint density at radius 3 is 2.65 bits per heavy atom. The summed E-state index contributed by atoms with van der Waals surface area (Å²) in [6, 6.07) is 5.94. The van der Waals surface area contributed by atoms with Gasteiger partial charge >= 0.3 is 0 Å². The second-order valence-corrected chi connectivity index (χ2v) is 6.31. The highest BCUT2D eigenvalue weighted by Gasteiger charge is 2.22. The molecule has 0 unspecified atom stereocenters. The van der Waals surface area contributed by atoms with Gasteiger partial charge < -0.3 is 10.1 Å². The van der Waals surface area contributed by atoms with E-state index < -0.39 is 0 Å². The zero-order valence-electron chi connectivity index (χ0n) is 12.1. The van der Waals surface area contributed by atoms with E-state index in [9.17, 15) is 4.79 Å². The summed E-state index contributed by atoms with van der Waals surface area (Å²) in [5.74, 6) is 1.21. The Hall–Kier alpha value is -1.03. The third-order valence-corrected chi connectivity index (χ3v) is 4.63. The van der Waals surface area contributed by atoms with Crippen molar-refractivity contribution in [2.75, 3.05) is 7.11 Å². The summed E-state index contributed by atoms with van der Waals surface area (Å²) in [6.07, 6.45) is 5.70. The molecule has 0 aliphatic heterocycles. The fraction of sp³-hybridized carbons (Fsp3) is 0.562. The van der Waals surface area contributed by atoms with Crippen molar-refractivity contribution in [1.29, 1.82) is 0 Å². The van der Waals surface area contributed by atoms with Gasteiger partial charge in [0.1, 0.15) is 5.75 Å². The molecule has 1 amide bonds. The van der Waals surface area contributed by atoms with Crippen molar-refractivity contribution in [3.05, 3.63) is 28.2 Å². The molecule has 4 heteroatoms. The Morgan fingerprint density at radius 2 is 2.05 bits per heavy atom. The van der Waals surface area contributed by atoms with Crippen LogP contribution in [0.2, 0.25) is 0 Å². The van der Waals surface area contributed by atoms with Crippen LogP contribution < -0.4 is 10.1 Å². The molecule has 1 saturated carbocycles. The van der Waals surface area contributed by atoms with E-state index in [2.05, 4.69) is 21.2 Å². The van der Waals surface area contributed by atoms with E-state index in [0.717, 1.165) is 28.6 Å².